The Balaban J connectivity index is 1.62. The van der Waals surface area contributed by atoms with Crippen LogP contribution in [0.3, 0.4) is 0 Å². The van der Waals surface area contributed by atoms with Crippen LogP contribution < -0.4 is 15.5 Å². The minimum atomic E-state index is -4.78. The molecule has 1 aliphatic heterocycles. The first-order chi connectivity index (χ1) is 19.7. The number of benzene rings is 2. The summed E-state index contributed by atoms with van der Waals surface area (Å²) in [5.41, 5.74) is -1.15. The number of anilines is 3. The number of halogens is 3. The highest BCUT2D eigenvalue weighted by Gasteiger charge is 2.37. The SMILES string of the molecule is Cc1cc(-c2cccc(C(=O)CC(=O)Nc3cc(C(F)(F)F)c(N4CCOCC4)cc3NC(=O)OC(C)(C)C)c2)on1. The van der Waals surface area contributed by atoms with Crippen molar-refractivity contribution in [2.45, 2.75) is 45.9 Å². The third kappa shape index (κ3) is 7.87. The molecule has 0 atom stereocenters. The number of amides is 2. The lowest BCUT2D eigenvalue weighted by molar-refractivity contribution is -0.137. The van der Waals surface area contributed by atoms with Crippen molar-refractivity contribution < 1.29 is 41.6 Å². The largest absolute Gasteiger partial charge is 0.444 e. The average Bonchev–Trinajstić information content (AvgIpc) is 3.34. The maximum absolute atomic E-state index is 14.2. The van der Waals surface area contributed by atoms with Crippen molar-refractivity contribution >= 4 is 34.8 Å². The van der Waals surface area contributed by atoms with Crippen LogP contribution in [0.1, 0.15) is 48.8 Å². The predicted octanol–water partition coefficient (Wildman–Crippen LogP) is 6.06. The maximum Gasteiger partial charge on any atom is 0.418 e. The molecule has 224 valence electrons. The molecule has 2 heterocycles. The van der Waals surface area contributed by atoms with Gasteiger partial charge in [-0.15, -0.1) is 0 Å². The first kappa shape index (κ1) is 30.6. The summed E-state index contributed by atoms with van der Waals surface area (Å²) in [6.45, 7) is 7.48. The van der Waals surface area contributed by atoms with Gasteiger partial charge in [-0.2, -0.15) is 13.2 Å². The van der Waals surface area contributed by atoms with Crippen LogP contribution in [0.25, 0.3) is 11.3 Å². The van der Waals surface area contributed by atoms with Gasteiger partial charge in [0.1, 0.15) is 5.60 Å². The van der Waals surface area contributed by atoms with E-state index in [1.165, 1.54) is 17.0 Å². The summed E-state index contributed by atoms with van der Waals surface area (Å²) in [5, 5.41) is 8.63. The highest BCUT2D eigenvalue weighted by molar-refractivity contribution is 6.12. The number of nitrogens with zero attached hydrogens (tertiary/aromatic N) is 2. The third-order valence-corrected chi connectivity index (χ3v) is 6.12. The number of nitrogens with one attached hydrogen (secondary N) is 2. The number of aryl methyl sites for hydroxylation is 1. The zero-order valence-electron chi connectivity index (χ0n) is 23.6. The number of Topliss-reactive ketones (excluding diaryl/α,β-unsaturated/α-hetero) is 1. The number of rotatable bonds is 7. The van der Waals surface area contributed by atoms with Crippen molar-refractivity contribution in [2.75, 3.05) is 41.8 Å². The fourth-order valence-electron chi connectivity index (χ4n) is 4.29. The molecule has 0 radical (unpaired) electrons. The lowest BCUT2D eigenvalue weighted by atomic mass is 10.0. The number of ether oxygens (including phenoxy) is 2. The number of morpholine rings is 1. The van der Waals surface area contributed by atoms with Crippen LogP contribution in [0.15, 0.2) is 47.0 Å². The average molecular weight is 589 g/mol. The molecule has 2 N–H and O–H groups in total. The molecule has 1 fully saturated rings. The van der Waals surface area contributed by atoms with Crippen molar-refractivity contribution in [1.29, 1.82) is 0 Å². The van der Waals surface area contributed by atoms with Crippen LogP contribution in [-0.4, -0.2) is 54.8 Å². The van der Waals surface area contributed by atoms with Gasteiger partial charge in [-0.25, -0.2) is 4.79 Å². The van der Waals surface area contributed by atoms with Gasteiger partial charge >= 0.3 is 12.3 Å². The van der Waals surface area contributed by atoms with E-state index in [0.29, 0.717) is 17.0 Å². The standard InChI is InChI=1S/C29H31F3N4O6/c1-17-12-25(42-35-17)19-7-5-6-18(13-19)24(37)16-26(38)33-21-14-20(29(30,31)32)23(36-8-10-40-11-9-36)15-22(21)34-27(39)41-28(2,3)4/h5-7,12-15H,8-11,16H2,1-4H3,(H,33,38)(H,34,39). The van der Waals surface area contributed by atoms with Crippen LogP contribution in [0.4, 0.5) is 35.0 Å². The number of hydrogen-bond donors (Lipinski definition) is 2. The van der Waals surface area contributed by atoms with E-state index in [2.05, 4.69) is 15.8 Å². The Morgan fingerprint density at radius 2 is 1.69 bits per heavy atom. The zero-order valence-corrected chi connectivity index (χ0v) is 23.6. The molecule has 3 aromatic rings. The predicted molar refractivity (Wildman–Crippen MR) is 149 cm³/mol. The van der Waals surface area contributed by atoms with Gasteiger partial charge < -0.3 is 24.2 Å². The number of ketones is 1. The molecule has 10 nitrogen and oxygen atoms in total. The molecule has 1 saturated heterocycles. The number of hydrogen-bond acceptors (Lipinski definition) is 8. The highest BCUT2D eigenvalue weighted by Crippen LogP contribution is 2.42. The molecular formula is C29H31F3N4O6. The Bertz CT molecular complexity index is 1470. The molecular weight excluding hydrogens is 557 g/mol. The van der Waals surface area contributed by atoms with Gasteiger partial charge in [0.2, 0.25) is 5.91 Å². The molecule has 0 unspecified atom stereocenters. The molecule has 4 rings (SSSR count). The first-order valence-corrected chi connectivity index (χ1v) is 13.1. The minimum Gasteiger partial charge on any atom is -0.444 e. The summed E-state index contributed by atoms with van der Waals surface area (Å²) >= 11 is 0. The Labute approximate surface area is 240 Å². The quantitative estimate of drug-likeness (QED) is 0.252. The molecule has 0 bridgehead atoms. The summed E-state index contributed by atoms with van der Waals surface area (Å²) in [6.07, 6.45) is -6.38. The van der Waals surface area contributed by atoms with Crippen molar-refractivity contribution in [2.24, 2.45) is 0 Å². The second-order valence-electron chi connectivity index (χ2n) is 10.7. The van der Waals surface area contributed by atoms with Gasteiger partial charge in [0.15, 0.2) is 11.5 Å². The van der Waals surface area contributed by atoms with Crippen LogP contribution in [-0.2, 0) is 20.4 Å². The highest BCUT2D eigenvalue weighted by atomic mass is 19.4. The van der Waals surface area contributed by atoms with E-state index in [4.69, 9.17) is 14.0 Å². The molecule has 1 aliphatic rings. The van der Waals surface area contributed by atoms with E-state index in [-0.39, 0.29) is 48.9 Å². The van der Waals surface area contributed by atoms with Gasteiger partial charge in [0.25, 0.3) is 0 Å². The van der Waals surface area contributed by atoms with Crippen LogP contribution in [0.5, 0.6) is 0 Å². The number of carbonyl (C=O) groups is 3. The molecule has 2 aromatic carbocycles. The van der Waals surface area contributed by atoms with Crippen LogP contribution >= 0.6 is 0 Å². The van der Waals surface area contributed by atoms with Gasteiger partial charge in [0, 0.05) is 30.3 Å². The summed E-state index contributed by atoms with van der Waals surface area (Å²) < 4.78 is 58.4. The normalized spacial score (nSPS) is 13.9. The topological polar surface area (TPSA) is 123 Å². The molecule has 2 amide bonds. The zero-order chi connectivity index (χ0) is 30.7. The van der Waals surface area contributed by atoms with E-state index in [9.17, 15) is 27.6 Å². The second-order valence-corrected chi connectivity index (χ2v) is 10.7. The van der Waals surface area contributed by atoms with Gasteiger partial charge in [-0.1, -0.05) is 23.4 Å². The Hall–Kier alpha value is -4.39. The van der Waals surface area contributed by atoms with Crippen LogP contribution in [0.2, 0.25) is 0 Å². The number of carbonyl (C=O) groups excluding carboxylic acids is 3. The van der Waals surface area contributed by atoms with Gasteiger partial charge in [-0.05, 0) is 45.9 Å². The minimum absolute atomic E-state index is 0.123. The smallest absolute Gasteiger partial charge is 0.418 e. The molecule has 13 heteroatoms. The Morgan fingerprint density at radius 3 is 2.31 bits per heavy atom. The number of aromatic nitrogens is 1. The molecule has 0 aliphatic carbocycles. The summed E-state index contributed by atoms with van der Waals surface area (Å²) in [6, 6.07) is 9.93. The lowest BCUT2D eigenvalue weighted by Crippen LogP contribution is -2.37. The molecule has 1 aromatic heterocycles. The fraction of sp³-hybridized carbons (Fsp3) is 0.379. The maximum atomic E-state index is 14.2. The van der Waals surface area contributed by atoms with Crippen molar-refractivity contribution in [3.8, 4) is 11.3 Å². The van der Waals surface area contributed by atoms with E-state index < -0.39 is 41.5 Å². The first-order valence-electron chi connectivity index (χ1n) is 13.1. The second kappa shape index (κ2) is 12.2. The van der Waals surface area contributed by atoms with E-state index in [1.807, 2.05) is 0 Å². The van der Waals surface area contributed by atoms with Gasteiger partial charge in [0.05, 0.1) is 48.0 Å². The van der Waals surface area contributed by atoms with E-state index in [1.54, 1.807) is 45.9 Å². The molecule has 0 saturated carbocycles. The lowest BCUT2D eigenvalue weighted by Gasteiger charge is -2.32. The van der Waals surface area contributed by atoms with Gasteiger partial charge in [-0.3, -0.25) is 14.9 Å². The Kier molecular flexibility index (Phi) is 8.90. The monoisotopic (exact) mass is 588 g/mol. The van der Waals surface area contributed by atoms with Crippen molar-refractivity contribution in [1.82, 2.24) is 5.16 Å². The summed E-state index contributed by atoms with van der Waals surface area (Å²) in [7, 11) is 0. The summed E-state index contributed by atoms with van der Waals surface area (Å²) in [5.74, 6) is -1.02. The number of alkyl halides is 3. The molecule has 42 heavy (non-hydrogen) atoms. The van der Waals surface area contributed by atoms with Crippen LogP contribution in [0, 0.1) is 6.92 Å². The Morgan fingerprint density at radius 1 is 1.00 bits per heavy atom. The van der Waals surface area contributed by atoms with E-state index >= 15 is 0 Å². The van der Waals surface area contributed by atoms with Crippen molar-refractivity contribution in [3.05, 3.63) is 59.3 Å². The summed E-state index contributed by atoms with van der Waals surface area (Å²) in [4.78, 5) is 40.0. The molecule has 0 spiro atoms. The fourth-order valence-corrected chi connectivity index (χ4v) is 4.29. The van der Waals surface area contributed by atoms with Crippen molar-refractivity contribution in [3.63, 3.8) is 0 Å². The third-order valence-electron chi connectivity index (χ3n) is 6.12. The van der Waals surface area contributed by atoms with E-state index in [0.717, 1.165) is 12.1 Å².